The zero-order valence-corrected chi connectivity index (χ0v) is 14.3. The largest absolute Gasteiger partial charge is 0.465 e. The summed E-state index contributed by atoms with van der Waals surface area (Å²) in [7, 11) is 1.32. The fourth-order valence-corrected chi connectivity index (χ4v) is 3.26. The molecule has 0 fully saturated rings. The summed E-state index contributed by atoms with van der Waals surface area (Å²) in [6.07, 6.45) is 3.38. The van der Waals surface area contributed by atoms with Crippen molar-refractivity contribution in [3.8, 4) is 0 Å². The molecule has 3 rings (SSSR count). The monoisotopic (exact) mass is 352 g/mol. The zero-order valence-electron chi connectivity index (χ0n) is 13.5. The van der Waals surface area contributed by atoms with E-state index in [-0.39, 0.29) is 11.9 Å². The van der Waals surface area contributed by atoms with Crippen molar-refractivity contribution >= 4 is 23.2 Å². The maximum atomic E-state index is 12.7. The average molecular weight is 352 g/mol. The quantitative estimate of drug-likeness (QED) is 0.714. The van der Waals surface area contributed by atoms with E-state index < -0.39 is 5.97 Å². The Bertz CT molecular complexity index is 823. The van der Waals surface area contributed by atoms with Gasteiger partial charge in [0, 0.05) is 12.4 Å². The van der Waals surface area contributed by atoms with Crippen molar-refractivity contribution in [2.45, 2.75) is 6.04 Å². The lowest BCUT2D eigenvalue weighted by molar-refractivity contribution is 0.0606. The second-order valence-corrected chi connectivity index (χ2v) is 6.34. The molecule has 0 aliphatic carbocycles. The van der Waals surface area contributed by atoms with Gasteiger partial charge in [0.2, 0.25) is 0 Å². The minimum atomic E-state index is -0.446. The standard InChI is InChI=1S/C19H16N2O3S/c1-24-19(23)16-8-7-15(25-16)18(22)21-17(13-5-3-2-4-6-13)14-9-11-20-12-10-14/h2-12,17H,1H3,(H,21,22). The molecule has 1 unspecified atom stereocenters. The van der Waals surface area contributed by atoms with Crippen molar-refractivity contribution in [1.29, 1.82) is 0 Å². The summed E-state index contributed by atoms with van der Waals surface area (Å²) in [5, 5.41) is 3.03. The van der Waals surface area contributed by atoms with E-state index in [1.807, 2.05) is 42.5 Å². The van der Waals surface area contributed by atoms with Crippen LogP contribution >= 0.6 is 11.3 Å². The first-order chi connectivity index (χ1) is 12.2. The first-order valence-corrected chi connectivity index (χ1v) is 8.44. The van der Waals surface area contributed by atoms with Crippen LogP contribution in [0, 0.1) is 0 Å². The van der Waals surface area contributed by atoms with Gasteiger partial charge >= 0.3 is 5.97 Å². The highest BCUT2D eigenvalue weighted by molar-refractivity contribution is 7.15. The summed E-state index contributed by atoms with van der Waals surface area (Å²) in [5.41, 5.74) is 1.89. The Balaban J connectivity index is 1.87. The molecule has 0 saturated carbocycles. The Labute approximate surface area is 149 Å². The Morgan fingerprint density at radius 1 is 0.960 bits per heavy atom. The van der Waals surface area contributed by atoms with Gasteiger partial charge in [0.15, 0.2) is 0 Å². The molecule has 5 nitrogen and oxygen atoms in total. The van der Waals surface area contributed by atoms with Gasteiger partial charge in [-0.1, -0.05) is 30.3 Å². The van der Waals surface area contributed by atoms with Gasteiger partial charge in [-0.3, -0.25) is 9.78 Å². The molecule has 0 saturated heterocycles. The SMILES string of the molecule is COC(=O)c1ccc(C(=O)NC(c2ccccc2)c2ccncc2)s1. The number of hydrogen-bond donors (Lipinski definition) is 1. The molecule has 3 aromatic rings. The van der Waals surface area contributed by atoms with E-state index in [1.165, 1.54) is 7.11 Å². The van der Waals surface area contributed by atoms with Crippen molar-refractivity contribution in [2.24, 2.45) is 0 Å². The zero-order chi connectivity index (χ0) is 17.6. The predicted molar refractivity (Wildman–Crippen MR) is 95.6 cm³/mol. The molecule has 25 heavy (non-hydrogen) atoms. The lowest BCUT2D eigenvalue weighted by Crippen LogP contribution is -2.28. The fourth-order valence-electron chi connectivity index (χ4n) is 2.43. The van der Waals surface area contributed by atoms with Crippen molar-refractivity contribution in [3.63, 3.8) is 0 Å². The molecule has 6 heteroatoms. The molecule has 2 aromatic heterocycles. The molecule has 1 amide bonds. The molecule has 0 aliphatic rings. The fraction of sp³-hybridized carbons (Fsp3) is 0.105. The minimum Gasteiger partial charge on any atom is -0.465 e. The summed E-state index contributed by atoms with van der Waals surface area (Å²) >= 11 is 1.11. The summed E-state index contributed by atoms with van der Waals surface area (Å²) in [5.74, 6) is -0.691. The average Bonchev–Trinajstić information content (AvgIpc) is 3.17. The van der Waals surface area contributed by atoms with Gasteiger partial charge in [0.25, 0.3) is 5.91 Å². The molecule has 1 N–H and O–H groups in total. The summed E-state index contributed by atoms with van der Waals surface area (Å²) in [6, 6.07) is 16.3. The van der Waals surface area contributed by atoms with E-state index in [9.17, 15) is 9.59 Å². The Morgan fingerprint density at radius 2 is 1.60 bits per heavy atom. The number of methoxy groups -OCH3 is 1. The molecule has 2 heterocycles. The smallest absolute Gasteiger partial charge is 0.348 e. The summed E-state index contributed by atoms with van der Waals surface area (Å²) < 4.78 is 4.68. The molecular weight excluding hydrogens is 336 g/mol. The van der Waals surface area contributed by atoms with Crippen LogP contribution in [0.2, 0.25) is 0 Å². The minimum absolute atomic E-state index is 0.245. The molecule has 0 radical (unpaired) electrons. The van der Waals surface area contributed by atoms with Crippen molar-refractivity contribution in [1.82, 2.24) is 10.3 Å². The Hall–Kier alpha value is -2.99. The molecular formula is C19H16N2O3S. The van der Waals surface area contributed by atoms with Gasteiger partial charge in [-0.05, 0) is 35.4 Å². The van der Waals surface area contributed by atoms with Crippen LogP contribution in [-0.2, 0) is 4.74 Å². The number of benzene rings is 1. The molecule has 1 aromatic carbocycles. The number of thiophene rings is 1. The van der Waals surface area contributed by atoms with Gasteiger partial charge in [-0.2, -0.15) is 0 Å². The van der Waals surface area contributed by atoms with Crippen LogP contribution in [0.25, 0.3) is 0 Å². The van der Waals surface area contributed by atoms with Gasteiger partial charge < -0.3 is 10.1 Å². The lowest BCUT2D eigenvalue weighted by atomic mass is 9.99. The number of esters is 1. The van der Waals surface area contributed by atoms with Crippen LogP contribution in [0.1, 0.15) is 36.5 Å². The van der Waals surface area contributed by atoms with E-state index in [4.69, 9.17) is 0 Å². The number of nitrogens with one attached hydrogen (secondary N) is 1. The highest BCUT2D eigenvalue weighted by atomic mass is 32.1. The van der Waals surface area contributed by atoms with E-state index in [0.29, 0.717) is 9.75 Å². The molecule has 126 valence electrons. The number of rotatable bonds is 5. The molecule has 0 aliphatic heterocycles. The van der Waals surface area contributed by atoms with Crippen molar-refractivity contribution in [3.05, 3.63) is 87.9 Å². The van der Waals surface area contributed by atoms with Crippen molar-refractivity contribution in [2.75, 3.05) is 7.11 Å². The van der Waals surface area contributed by atoms with Crippen LogP contribution in [-0.4, -0.2) is 24.0 Å². The van der Waals surface area contributed by atoms with E-state index in [2.05, 4.69) is 15.0 Å². The van der Waals surface area contributed by atoms with E-state index >= 15 is 0 Å². The number of amides is 1. The highest BCUT2D eigenvalue weighted by Crippen LogP contribution is 2.23. The van der Waals surface area contributed by atoms with E-state index in [1.54, 1.807) is 24.5 Å². The number of carbonyl (C=O) groups excluding carboxylic acids is 2. The first kappa shape index (κ1) is 16.9. The van der Waals surface area contributed by atoms with Gasteiger partial charge in [-0.25, -0.2) is 4.79 Å². The number of carbonyl (C=O) groups is 2. The third kappa shape index (κ3) is 3.92. The summed E-state index contributed by atoms with van der Waals surface area (Å²) in [6.45, 7) is 0. The summed E-state index contributed by atoms with van der Waals surface area (Å²) in [4.78, 5) is 29.1. The van der Waals surface area contributed by atoms with Crippen LogP contribution in [0.4, 0.5) is 0 Å². The molecule has 0 spiro atoms. The van der Waals surface area contributed by atoms with Crippen LogP contribution < -0.4 is 5.32 Å². The second kappa shape index (κ2) is 7.72. The predicted octanol–water partition coefficient (Wildman–Crippen LogP) is 3.45. The number of nitrogens with zero attached hydrogens (tertiary/aromatic N) is 1. The third-order valence-corrected chi connectivity index (χ3v) is 4.73. The van der Waals surface area contributed by atoms with Gasteiger partial charge in [0.1, 0.15) is 4.88 Å². The number of hydrogen-bond acceptors (Lipinski definition) is 5. The van der Waals surface area contributed by atoms with Crippen LogP contribution in [0.5, 0.6) is 0 Å². The molecule has 1 atom stereocenters. The first-order valence-electron chi connectivity index (χ1n) is 7.63. The lowest BCUT2D eigenvalue weighted by Gasteiger charge is -2.19. The Kier molecular flexibility index (Phi) is 5.20. The normalized spacial score (nSPS) is 11.6. The topological polar surface area (TPSA) is 68.3 Å². The third-order valence-electron chi connectivity index (χ3n) is 3.66. The van der Waals surface area contributed by atoms with Crippen molar-refractivity contribution < 1.29 is 14.3 Å². The maximum absolute atomic E-state index is 12.7. The van der Waals surface area contributed by atoms with Crippen LogP contribution in [0.15, 0.2) is 67.0 Å². The van der Waals surface area contributed by atoms with Gasteiger partial charge in [0.05, 0.1) is 18.0 Å². The van der Waals surface area contributed by atoms with Crippen LogP contribution in [0.3, 0.4) is 0 Å². The number of aromatic nitrogens is 1. The van der Waals surface area contributed by atoms with E-state index in [0.717, 1.165) is 22.5 Å². The highest BCUT2D eigenvalue weighted by Gasteiger charge is 2.20. The number of pyridine rings is 1. The molecule has 0 bridgehead atoms. The maximum Gasteiger partial charge on any atom is 0.348 e. The second-order valence-electron chi connectivity index (χ2n) is 5.25. The van der Waals surface area contributed by atoms with Gasteiger partial charge in [-0.15, -0.1) is 11.3 Å². The Morgan fingerprint density at radius 3 is 2.28 bits per heavy atom. The number of ether oxygens (including phenoxy) is 1.